The molecule has 11 nitrogen and oxygen atoms in total. The number of rotatable bonds is 5. The van der Waals surface area contributed by atoms with Crippen LogP contribution in [0.1, 0.15) is 22.9 Å². The van der Waals surface area contributed by atoms with E-state index in [-0.39, 0.29) is 24.6 Å². The molecule has 0 spiro atoms. The molecule has 4 aromatic heterocycles. The number of aromatic nitrogens is 7. The van der Waals surface area contributed by atoms with Gasteiger partial charge in [0.05, 0.1) is 12.9 Å². The summed E-state index contributed by atoms with van der Waals surface area (Å²) in [4.78, 5) is 32.7. The number of nitrogens with zero attached hydrogens (tertiary/aromatic N) is 7. The molecular weight excluding hydrogens is 376 g/mol. The maximum Gasteiger partial charge on any atom is 0.258 e. The van der Waals surface area contributed by atoms with Crippen molar-refractivity contribution in [2.75, 3.05) is 0 Å². The van der Waals surface area contributed by atoms with Crippen LogP contribution < -0.4 is 10.9 Å². The highest BCUT2D eigenvalue weighted by Gasteiger charge is 2.13. The molecule has 0 saturated heterocycles. The minimum Gasteiger partial charge on any atom is -0.347 e. The van der Waals surface area contributed by atoms with Crippen molar-refractivity contribution in [1.29, 1.82) is 0 Å². The summed E-state index contributed by atoms with van der Waals surface area (Å²) in [5, 5.41) is 14.7. The Labute approximate surface area is 164 Å². The molecule has 0 atom stereocenters. The molecule has 0 unspecified atom stereocenters. The first-order valence-corrected chi connectivity index (χ1v) is 8.86. The van der Waals surface area contributed by atoms with E-state index in [1.165, 1.54) is 10.9 Å². The Morgan fingerprint density at radius 2 is 2.07 bits per heavy atom. The number of carbonyl (C=O) groups excluding carboxylic acids is 1. The molecule has 1 N–H and O–H groups in total. The second kappa shape index (κ2) is 7.26. The SMILES string of the molecule is Cc1noc(-c2ccn3c(CNC(=O)Cn4cnc(C)c(C)c4=O)nnc3c2)n1. The van der Waals surface area contributed by atoms with Gasteiger partial charge in [0, 0.05) is 23.0 Å². The normalized spacial score (nSPS) is 11.1. The lowest BCUT2D eigenvalue weighted by atomic mass is 10.2. The molecule has 4 aromatic rings. The molecule has 0 aliphatic carbocycles. The minimum atomic E-state index is -0.327. The number of hydrogen-bond donors (Lipinski definition) is 1. The first-order chi connectivity index (χ1) is 13.9. The van der Waals surface area contributed by atoms with E-state index in [1.807, 2.05) is 0 Å². The molecule has 4 heterocycles. The lowest BCUT2D eigenvalue weighted by Crippen LogP contribution is -2.33. The average Bonchev–Trinajstić information content (AvgIpc) is 3.32. The van der Waals surface area contributed by atoms with Gasteiger partial charge in [0.1, 0.15) is 6.54 Å². The number of nitrogens with one attached hydrogen (secondary N) is 1. The zero-order valence-electron chi connectivity index (χ0n) is 16.1. The van der Waals surface area contributed by atoms with E-state index in [2.05, 4.69) is 30.6 Å². The van der Waals surface area contributed by atoms with Gasteiger partial charge in [-0.25, -0.2) is 4.98 Å². The van der Waals surface area contributed by atoms with Gasteiger partial charge in [0.15, 0.2) is 17.3 Å². The molecule has 0 aliphatic heterocycles. The number of fused-ring (bicyclic) bond motifs is 1. The fourth-order valence-electron chi connectivity index (χ4n) is 2.78. The predicted octanol–water partition coefficient (Wildman–Crippen LogP) is 0.578. The predicted molar refractivity (Wildman–Crippen MR) is 101 cm³/mol. The third-order valence-corrected chi connectivity index (χ3v) is 4.53. The van der Waals surface area contributed by atoms with Gasteiger partial charge < -0.3 is 9.84 Å². The first-order valence-electron chi connectivity index (χ1n) is 8.86. The van der Waals surface area contributed by atoms with Crippen LogP contribution in [0.5, 0.6) is 0 Å². The highest BCUT2D eigenvalue weighted by atomic mass is 16.5. The van der Waals surface area contributed by atoms with E-state index in [0.717, 1.165) is 5.56 Å². The van der Waals surface area contributed by atoms with Gasteiger partial charge in [-0.15, -0.1) is 10.2 Å². The van der Waals surface area contributed by atoms with Crippen LogP contribution in [-0.2, 0) is 17.9 Å². The molecule has 148 valence electrons. The van der Waals surface area contributed by atoms with Crippen molar-refractivity contribution in [3.05, 3.63) is 57.9 Å². The second-order valence-corrected chi connectivity index (χ2v) is 6.57. The van der Waals surface area contributed by atoms with Crippen LogP contribution in [0.3, 0.4) is 0 Å². The van der Waals surface area contributed by atoms with Gasteiger partial charge in [-0.1, -0.05) is 5.16 Å². The summed E-state index contributed by atoms with van der Waals surface area (Å²) in [5.41, 5.74) is 2.25. The Bertz CT molecular complexity index is 1270. The lowest BCUT2D eigenvalue weighted by molar-refractivity contribution is -0.121. The molecule has 0 saturated carbocycles. The molecule has 0 fully saturated rings. The van der Waals surface area contributed by atoms with Gasteiger partial charge in [-0.3, -0.25) is 18.6 Å². The average molecular weight is 394 g/mol. The van der Waals surface area contributed by atoms with Crippen LogP contribution in [0.4, 0.5) is 0 Å². The Morgan fingerprint density at radius 3 is 2.83 bits per heavy atom. The fourth-order valence-corrected chi connectivity index (χ4v) is 2.78. The highest BCUT2D eigenvalue weighted by Crippen LogP contribution is 2.18. The van der Waals surface area contributed by atoms with Crippen LogP contribution in [0.2, 0.25) is 0 Å². The smallest absolute Gasteiger partial charge is 0.258 e. The fraction of sp³-hybridized carbons (Fsp3) is 0.278. The van der Waals surface area contributed by atoms with Gasteiger partial charge in [-0.05, 0) is 32.9 Å². The Morgan fingerprint density at radius 1 is 1.24 bits per heavy atom. The third-order valence-electron chi connectivity index (χ3n) is 4.53. The van der Waals surface area contributed by atoms with Crippen molar-refractivity contribution in [3.8, 4) is 11.5 Å². The second-order valence-electron chi connectivity index (χ2n) is 6.57. The molecule has 0 radical (unpaired) electrons. The van der Waals surface area contributed by atoms with Crippen molar-refractivity contribution in [2.24, 2.45) is 0 Å². The highest BCUT2D eigenvalue weighted by molar-refractivity contribution is 5.75. The number of hydrogen-bond acceptors (Lipinski definition) is 8. The topological polar surface area (TPSA) is 133 Å². The van der Waals surface area contributed by atoms with Gasteiger partial charge in [0.25, 0.3) is 11.4 Å². The number of pyridine rings is 1. The van der Waals surface area contributed by atoms with E-state index in [0.29, 0.717) is 34.4 Å². The first kappa shape index (κ1) is 18.5. The zero-order valence-corrected chi connectivity index (χ0v) is 16.1. The van der Waals surface area contributed by atoms with Crippen molar-refractivity contribution in [2.45, 2.75) is 33.9 Å². The lowest BCUT2D eigenvalue weighted by Gasteiger charge is -2.08. The molecule has 29 heavy (non-hydrogen) atoms. The van der Waals surface area contributed by atoms with E-state index in [9.17, 15) is 9.59 Å². The maximum absolute atomic E-state index is 12.2. The summed E-state index contributed by atoms with van der Waals surface area (Å²) in [7, 11) is 0. The number of aryl methyl sites for hydroxylation is 2. The largest absolute Gasteiger partial charge is 0.347 e. The van der Waals surface area contributed by atoms with E-state index in [4.69, 9.17) is 4.52 Å². The van der Waals surface area contributed by atoms with Gasteiger partial charge in [0.2, 0.25) is 5.91 Å². The van der Waals surface area contributed by atoms with E-state index in [1.54, 1.807) is 43.5 Å². The van der Waals surface area contributed by atoms with Crippen molar-refractivity contribution in [3.63, 3.8) is 0 Å². The molecular formula is C18H18N8O3. The molecule has 0 bridgehead atoms. The van der Waals surface area contributed by atoms with Gasteiger partial charge in [-0.2, -0.15) is 4.98 Å². The summed E-state index contributed by atoms with van der Waals surface area (Å²) in [5.74, 6) is 1.16. The summed E-state index contributed by atoms with van der Waals surface area (Å²) < 4.78 is 8.18. The molecule has 0 aliphatic rings. The molecule has 4 rings (SSSR count). The van der Waals surface area contributed by atoms with Crippen LogP contribution >= 0.6 is 0 Å². The van der Waals surface area contributed by atoms with Crippen molar-refractivity contribution in [1.82, 2.24) is 39.6 Å². The monoisotopic (exact) mass is 394 g/mol. The quantitative estimate of drug-likeness (QED) is 0.520. The van der Waals surface area contributed by atoms with E-state index < -0.39 is 0 Å². The van der Waals surface area contributed by atoms with Crippen LogP contribution in [-0.4, -0.2) is 40.2 Å². The Kier molecular flexibility index (Phi) is 4.63. The number of carbonyl (C=O) groups is 1. The summed E-state index contributed by atoms with van der Waals surface area (Å²) in [6.07, 6.45) is 3.14. The molecule has 0 aromatic carbocycles. The summed E-state index contributed by atoms with van der Waals surface area (Å²) in [6.45, 7) is 5.22. The zero-order chi connectivity index (χ0) is 20.5. The standard InChI is InChI=1S/C18H18N8O3/c1-10-11(2)20-9-25(18(10)28)8-16(27)19-7-15-23-22-14-6-13(4-5-26(14)15)17-21-12(3)24-29-17/h4-6,9H,7-8H2,1-3H3,(H,19,27). The number of amides is 1. The Hall–Kier alpha value is -3.89. The van der Waals surface area contributed by atoms with Crippen molar-refractivity contribution < 1.29 is 9.32 Å². The van der Waals surface area contributed by atoms with Gasteiger partial charge >= 0.3 is 0 Å². The van der Waals surface area contributed by atoms with E-state index >= 15 is 0 Å². The molecule has 1 amide bonds. The minimum absolute atomic E-state index is 0.121. The summed E-state index contributed by atoms with van der Waals surface area (Å²) in [6, 6.07) is 3.57. The third kappa shape index (κ3) is 3.61. The van der Waals surface area contributed by atoms with Crippen molar-refractivity contribution >= 4 is 11.6 Å². The summed E-state index contributed by atoms with van der Waals surface area (Å²) >= 11 is 0. The van der Waals surface area contributed by atoms with Crippen LogP contribution in [0.25, 0.3) is 17.1 Å². The van der Waals surface area contributed by atoms with Crippen LogP contribution in [0, 0.1) is 20.8 Å². The molecule has 11 heteroatoms. The maximum atomic E-state index is 12.2. The Balaban J connectivity index is 1.46. The van der Waals surface area contributed by atoms with Crippen LogP contribution in [0.15, 0.2) is 34.0 Å².